The predicted octanol–water partition coefficient (Wildman–Crippen LogP) is 2.44. The molecular weight excluding hydrogens is 248 g/mol. The van der Waals surface area contributed by atoms with Gasteiger partial charge in [0.1, 0.15) is 5.75 Å². The van der Waals surface area contributed by atoms with Crippen LogP contribution in [0.1, 0.15) is 18.4 Å². The Kier molecular flexibility index (Phi) is 4.49. The van der Waals surface area contributed by atoms with Crippen LogP contribution in [0.3, 0.4) is 0 Å². The van der Waals surface area contributed by atoms with Gasteiger partial charge < -0.3 is 15.4 Å². The van der Waals surface area contributed by atoms with Crippen LogP contribution in [0.5, 0.6) is 5.75 Å². The van der Waals surface area contributed by atoms with E-state index in [1.54, 1.807) is 7.11 Å². The van der Waals surface area contributed by atoms with Crippen LogP contribution in [-0.2, 0) is 6.54 Å². The monoisotopic (exact) mass is 268 g/mol. The standard InChI is InChI=1S/C14H21ClN2O/c1-16-9-14(5-6-14)10-17-8-11-7-12(15)3-4-13(11)18-2/h3-4,7,16-17H,5-6,8-10H2,1-2H3. The molecule has 2 rings (SSSR count). The van der Waals surface area contributed by atoms with E-state index in [-0.39, 0.29) is 0 Å². The fourth-order valence-corrected chi connectivity index (χ4v) is 2.51. The zero-order valence-corrected chi connectivity index (χ0v) is 11.8. The third kappa shape index (κ3) is 3.37. The van der Waals surface area contributed by atoms with Gasteiger partial charge in [0.2, 0.25) is 0 Å². The molecule has 1 aromatic rings. The van der Waals surface area contributed by atoms with E-state index in [9.17, 15) is 0 Å². The minimum atomic E-state index is 0.473. The summed E-state index contributed by atoms with van der Waals surface area (Å²) in [5.41, 5.74) is 1.59. The van der Waals surface area contributed by atoms with E-state index >= 15 is 0 Å². The van der Waals surface area contributed by atoms with Crippen molar-refractivity contribution in [2.75, 3.05) is 27.2 Å². The number of rotatable bonds is 7. The molecule has 18 heavy (non-hydrogen) atoms. The highest BCUT2D eigenvalue weighted by atomic mass is 35.5. The first-order chi connectivity index (χ1) is 8.69. The van der Waals surface area contributed by atoms with Crippen LogP contribution in [0.25, 0.3) is 0 Å². The number of halogens is 1. The lowest BCUT2D eigenvalue weighted by molar-refractivity contribution is 0.401. The van der Waals surface area contributed by atoms with Crippen molar-refractivity contribution in [3.05, 3.63) is 28.8 Å². The molecule has 0 aliphatic heterocycles. The first kappa shape index (κ1) is 13.7. The van der Waals surface area contributed by atoms with Crippen molar-refractivity contribution >= 4 is 11.6 Å². The Hall–Kier alpha value is -0.770. The van der Waals surface area contributed by atoms with Gasteiger partial charge in [-0.15, -0.1) is 0 Å². The molecule has 4 heteroatoms. The third-order valence-corrected chi connectivity index (χ3v) is 3.80. The number of hydrogen-bond acceptors (Lipinski definition) is 3. The van der Waals surface area contributed by atoms with Crippen LogP contribution in [0, 0.1) is 5.41 Å². The molecule has 0 spiro atoms. The fraction of sp³-hybridized carbons (Fsp3) is 0.571. The molecule has 0 unspecified atom stereocenters. The highest BCUT2D eigenvalue weighted by Gasteiger charge is 2.41. The van der Waals surface area contributed by atoms with Gasteiger partial charge >= 0.3 is 0 Å². The van der Waals surface area contributed by atoms with Crippen molar-refractivity contribution in [3.8, 4) is 5.75 Å². The van der Waals surface area contributed by atoms with Crippen molar-refractivity contribution in [3.63, 3.8) is 0 Å². The van der Waals surface area contributed by atoms with Crippen molar-refractivity contribution in [2.45, 2.75) is 19.4 Å². The molecule has 0 heterocycles. The zero-order chi connectivity index (χ0) is 13.0. The van der Waals surface area contributed by atoms with Crippen molar-refractivity contribution in [2.24, 2.45) is 5.41 Å². The third-order valence-electron chi connectivity index (χ3n) is 3.57. The first-order valence-electron chi connectivity index (χ1n) is 6.37. The summed E-state index contributed by atoms with van der Waals surface area (Å²) in [5, 5.41) is 7.53. The molecule has 3 nitrogen and oxygen atoms in total. The summed E-state index contributed by atoms with van der Waals surface area (Å²) in [4.78, 5) is 0. The highest BCUT2D eigenvalue weighted by Crippen LogP contribution is 2.44. The van der Waals surface area contributed by atoms with Gasteiger partial charge in [0.25, 0.3) is 0 Å². The normalized spacial score (nSPS) is 16.6. The molecule has 1 saturated carbocycles. The van der Waals surface area contributed by atoms with Gasteiger partial charge in [0.15, 0.2) is 0 Å². The largest absolute Gasteiger partial charge is 0.496 e. The van der Waals surface area contributed by atoms with E-state index in [0.717, 1.165) is 36.0 Å². The average molecular weight is 269 g/mol. The molecule has 0 bridgehead atoms. The van der Waals surface area contributed by atoms with E-state index in [1.165, 1.54) is 12.8 Å². The maximum Gasteiger partial charge on any atom is 0.123 e. The second kappa shape index (κ2) is 5.91. The molecule has 0 atom stereocenters. The number of methoxy groups -OCH3 is 1. The Balaban J connectivity index is 1.88. The molecule has 100 valence electrons. The second-order valence-electron chi connectivity index (χ2n) is 5.09. The zero-order valence-electron chi connectivity index (χ0n) is 11.1. The molecule has 0 amide bonds. The quantitative estimate of drug-likeness (QED) is 0.797. The van der Waals surface area contributed by atoms with Crippen molar-refractivity contribution in [1.82, 2.24) is 10.6 Å². The molecule has 1 fully saturated rings. The summed E-state index contributed by atoms with van der Waals surface area (Å²) in [6, 6.07) is 5.73. The lowest BCUT2D eigenvalue weighted by atomic mass is 10.1. The molecule has 2 N–H and O–H groups in total. The summed E-state index contributed by atoms with van der Waals surface area (Å²) >= 11 is 6.01. The van der Waals surface area contributed by atoms with Crippen molar-refractivity contribution < 1.29 is 4.74 Å². The minimum Gasteiger partial charge on any atom is -0.496 e. The predicted molar refractivity (Wildman–Crippen MR) is 75.3 cm³/mol. The smallest absolute Gasteiger partial charge is 0.123 e. The Bertz CT molecular complexity index is 405. The SMILES string of the molecule is CNCC1(CNCc2cc(Cl)ccc2OC)CC1. The lowest BCUT2D eigenvalue weighted by Gasteiger charge is -2.16. The van der Waals surface area contributed by atoms with E-state index in [1.807, 2.05) is 25.2 Å². The van der Waals surface area contributed by atoms with Crippen LogP contribution in [0.4, 0.5) is 0 Å². The Morgan fingerprint density at radius 2 is 2.11 bits per heavy atom. The summed E-state index contributed by atoms with van der Waals surface area (Å²) in [6.07, 6.45) is 2.63. The Morgan fingerprint density at radius 1 is 1.33 bits per heavy atom. The van der Waals surface area contributed by atoms with Crippen molar-refractivity contribution in [1.29, 1.82) is 0 Å². The maximum absolute atomic E-state index is 6.01. The number of hydrogen-bond donors (Lipinski definition) is 2. The van der Waals surface area contributed by atoms with E-state index in [0.29, 0.717) is 5.41 Å². The highest BCUT2D eigenvalue weighted by molar-refractivity contribution is 6.30. The summed E-state index contributed by atoms with van der Waals surface area (Å²) in [7, 11) is 3.70. The second-order valence-corrected chi connectivity index (χ2v) is 5.53. The molecule has 0 saturated heterocycles. The minimum absolute atomic E-state index is 0.473. The van der Waals surface area contributed by atoms with Crippen LogP contribution in [0.15, 0.2) is 18.2 Å². The van der Waals surface area contributed by atoms with E-state index in [2.05, 4.69) is 10.6 Å². The summed E-state index contributed by atoms with van der Waals surface area (Å²) < 4.78 is 5.34. The van der Waals surface area contributed by atoms with Crippen LogP contribution >= 0.6 is 11.6 Å². The molecule has 1 aliphatic carbocycles. The first-order valence-corrected chi connectivity index (χ1v) is 6.75. The number of nitrogens with one attached hydrogen (secondary N) is 2. The van der Waals surface area contributed by atoms with Gasteiger partial charge in [-0.2, -0.15) is 0 Å². The van der Waals surface area contributed by atoms with E-state index in [4.69, 9.17) is 16.3 Å². The van der Waals surface area contributed by atoms with E-state index < -0.39 is 0 Å². The van der Waals surface area contributed by atoms with Gasteiger partial charge in [-0.3, -0.25) is 0 Å². The average Bonchev–Trinajstić information content (AvgIpc) is 3.10. The molecule has 1 aromatic carbocycles. The van der Waals surface area contributed by atoms with Gasteiger partial charge in [0, 0.05) is 30.2 Å². The Morgan fingerprint density at radius 3 is 2.72 bits per heavy atom. The fourth-order valence-electron chi connectivity index (χ4n) is 2.32. The number of ether oxygens (including phenoxy) is 1. The summed E-state index contributed by atoms with van der Waals surface area (Å²) in [5.74, 6) is 0.894. The van der Waals surface area contributed by atoms with Gasteiger partial charge in [-0.1, -0.05) is 11.6 Å². The van der Waals surface area contributed by atoms with Crippen LogP contribution < -0.4 is 15.4 Å². The number of benzene rings is 1. The lowest BCUT2D eigenvalue weighted by Crippen LogP contribution is -2.31. The van der Waals surface area contributed by atoms with Crippen LogP contribution in [0.2, 0.25) is 5.02 Å². The molecule has 0 radical (unpaired) electrons. The topological polar surface area (TPSA) is 33.3 Å². The molecule has 0 aromatic heterocycles. The van der Waals surface area contributed by atoms with Gasteiger partial charge in [-0.25, -0.2) is 0 Å². The molecule has 1 aliphatic rings. The van der Waals surface area contributed by atoms with Crippen LogP contribution in [-0.4, -0.2) is 27.2 Å². The Labute approximate surface area is 114 Å². The van der Waals surface area contributed by atoms with Gasteiger partial charge in [-0.05, 0) is 43.5 Å². The van der Waals surface area contributed by atoms with Gasteiger partial charge in [0.05, 0.1) is 7.11 Å². The molecular formula is C14H21ClN2O. The summed E-state index contributed by atoms with van der Waals surface area (Å²) in [6.45, 7) is 2.94. The maximum atomic E-state index is 6.01.